The maximum absolute atomic E-state index is 11.6. The molecule has 0 aromatic heterocycles. The Morgan fingerprint density at radius 1 is 1.41 bits per heavy atom. The Balaban J connectivity index is 1.97. The van der Waals surface area contributed by atoms with Crippen molar-refractivity contribution in [2.75, 3.05) is 13.1 Å². The second-order valence-electron chi connectivity index (χ2n) is 4.00. The second kappa shape index (κ2) is 4.86. The molecule has 2 N–H and O–H groups in total. The molecule has 1 aromatic carbocycles. The van der Waals surface area contributed by atoms with Gasteiger partial charge in [0.05, 0.1) is 12.5 Å². The van der Waals surface area contributed by atoms with Gasteiger partial charge in [-0.15, -0.1) is 0 Å². The van der Waals surface area contributed by atoms with Crippen molar-refractivity contribution in [2.24, 2.45) is 0 Å². The molecule has 1 unspecified atom stereocenters. The molecule has 90 valence electrons. The second-order valence-corrected chi connectivity index (χ2v) is 4.00. The van der Waals surface area contributed by atoms with E-state index in [4.69, 9.17) is 5.11 Å². The van der Waals surface area contributed by atoms with E-state index in [0.29, 0.717) is 6.54 Å². The fourth-order valence-electron chi connectivity index (χ4n) is 1.89. The van der Waals surface area contributed by atoms with E-state index in [0.717, 1.165) is 5.56 Å². The number of hydrogen-bond acceptors (Lipinski definition) is 2. The number of urea groups is 1. The Morgan fingerprint density at radius 2 is 2.12 bits per heavy atom. The monoisotopic (exact) mass is 234 g/mol. The average Bonchev–Trinajstić information content (AvgIpc) is 2.69. The van der Waals surface area contributed by atoms with E-state index in [1.54, 1.807) is 0 Å². The number of aliphatic carboxylic acids is 1. The molecule has 0 aliphatic carbocycles. The van der Waals surface area contributed by atoms with Gasteiger partial charge >= 0.3 is 12.0 Å². The van der Waals surface area contributed by atoms with E-state index in [2.05, 4.69) is 5.32 Å². The molecule has 1 aromatic rings. The first kappa shape index (κ1) is 11.4. The first-order chi connectivity index (χ1) is 8.16. The lowest BCUT2D eigenvalue weighted by Gasteiger charge is -2.13. The first-order valence-electron chi connectivity index (χ1n) is 5.49. The van der Waals surface area contributed by atoms with Crippen molar-refractivity contribution in [2.45, 2.75) is 12.5 Å². The van der Waals surface area contributed by atoms with Gasteiger partial charge in [0.15, 0.2) is 0 Å². The molecule has 0 saturated carbocycles. The number of rotatable bonds is 4. The van der Waals surface area contributed by atoms with Gasteiger partial charge in [-0.25, -0.2) is 4.79 Å². The van der Waals surface area contributed by atoms with E-state index < -0.39 is 5.97 Å². The number of carboxylic acid groups (broad SMARTS) is 1. The summed E-state index contributed by atoms with van der Waals surface area (Å²) >= 11 is 0. The van der Waals surface area contributed by atoms with Crippen LogP contribution in [0.2, 0.25) is 0 Å². The maximum Gasteiger partial charge on any atom is 0.318 e. The third kappa shape index (κ3) is 2.75. The predicted molar refractivity (Wildman–Crippen MR) is 61.5 cm³/mol. The highest BCUT2D eigenvalue weighted by Gasteiger charge is 2.29. The molecule has 1 saturated heterocycles. The number of carbonyl (C=O) groups excluding carboxylic acids is 1. The van der Waals surface area contributed by atoms with Gasteiger partial charge in [-0.05, 0) is 5.56 Å². The lowest BCUT2D eigenvalue weighted by Crippen LogP contribution is -2.30. The summed E-state index contributed by atoms with van der Waals surface area (Å²) in [5.74, 6) is -0.888. The third-order valence-corrected chi connectivity index (χ3v) is 2.79. The fourth-order valence-corrected chi connectivity index (χ4v) is 1.89. The molecular formula is C12H14N2O3. The van der Waals surface area contributed by atoms with E-state index >= 15 is 0 Å². The van der Waals surface area contributed by atoms with E-state index in [1.165, 1.54) is 4.90 Å². The molecule has 1 heterocycles. The average molecular weight is 234 g/mol. The van der Waals surface area contributed by atoms with Crippen LogP contribution in [0.5, 0.6) is 0 Å². The topological polar surface area (TPSA) is 69.6 Å². The number of carbonyl (C=O) groups is 2. The van der Waals surface area contributed by atoms with Gasteiger partial charge in [0.1, 0.15) is 0 Å². The van der Waals surface area contributed by atoms with Gasteiger partial charge in [-0.2, -0.15) is 0 Å². The van der Waals surface area contributed by atoms with Gasteiger partial charge in [0.2, 0.25) is 0 Å². The summed E-state index contributed by atoms with van der Waals surface area (Å²) in [7, 11) is 0. The van der Waals surface area contributed by atoms with Gasteiger partial charge in [0.25, 0.3) is 0 Å². The highest BCUT2D eigenvalue weighted by Crippen LogP contribution is 2.19. The lowest BCUT2D eigenvalue weighted by atomic mass is 10.1. The van der Waals surface area contributed by atoms with Crippen LogP contribution in [0.1, 0.15) is 18.0 Å². The quantitative estimate of drug-likeness (QED) is 0.823. The number of hydrogen-bond donors (Lipinski definition) is 2. The molecule has 17 heavy (non-hydrogen) atoms. The summed E-state index contributed by atoms with van der Waals surface area (Å²) in [5, 5.41) is 11.4. The van der Waals surface area contributed by atoms with Crippen LogP contribution in [-0.2, 0) is 4.79 Å². The predicted octanol–water partition coefficient (Wildman–Crippen LogP) is 1.23. The molecule has 0 bridgehead atoms. The lowest BCUT2D eigenvalue weighted by molar-refractivity contribution is -0.137. The number of nitrogens with one attached hydrogen (secondary N) is 1. The fraction of sp³-hybridized carbons (Fsp3) is 0.333. The molecule has 2 rings (SSSR count). The SMILES string of the molecule is O=C(O)CCN1CC(c2ccccc2)NC1=O. The molecule has 2 amide bonds. The molecule has 0 spiro atoms. The molecule has 1 fully saturated rings. The van der Waals surface area contributed by atoms with Gasteiger partial charge < -0.3 is 15.3 Å². The van der Waals surface area contributed by atoms with Crippen molar-refractivity contribution < 1.29 is 14.7 Å². The molecule has 5 nitrogen and oxygen atoms in total. The van der Waals surface area contributed by atoms with E-state index in [-0.39, 0.29) is 25.0 Å². The zero-order chi connectivity index (χ0) is 12.3. The smallest absolute Gasteiger partial charge is 0.318 e. The van der Waals surface area contributed by atoms with Crippen LogP contribution >= 0.6 is 0 Å². The van der Waals surface area contributed by atoms with Crippen LogP contribution in [0.4, 0.5) is 4.79 Å². The zero-order valence-electron chi connectivity index (χ0n) is 9.30. The summed E-state index contributed by atoms with van der Waals surface area (Å²) in [5.41, 5.74) is 1.04. The highest BCUT2D eigenvalue weighted by atomic mass is 16.4. The maximum atomic E-state index is 11.6. The minimum Gasteiger partial charge on any atom is -0.481 e. The highest BCUT2D eigenvalue weighted by molar-refractivity contribution is 5.78. The summed E-state index contributed by atoms with van der Waals surface area (Å²) < 4.78 is 0. The molecule has 1 atom stereocenters. The number of carboxylic acids is 1. The van der Waals surface area contributed by atoms with Crippen LogP contribution in [-0.4, -0.2) is 35.1 Å². The Morgan fingerprint density at radius 3 is 2.76 bits per heavy atom. The largest absolute Gasteiger partial charge is 0.481 e. The number of benzene rings is 1. The van der Waals surface area contributed by atoms with E-state index in [1.807, 2.05) is 30.3 Å². The number of amides is 2. The summed E-state index contributed by atoms with van der Waals surface area (Å²) in [6.45, 7) is 0.778. The van der Waals surface area contributed by atoms with Crippen molar-refractivity contribution in [3.8, 4) is 0 Å². The summed E-state index contributed by atoms with van der Waals surface area (Å²) in [4.78, 5) is 23.6. The molecule has 1 aliphatic rings. The molecule has 1 aliphatic heterocycles. The normalized spacial score (nSPS) is 19.2. The third-order valence-electron chi connectivity index (χ3n) is 2.79. The van der Waals surface area contributed by atoms with Crippen molar-refractivity contribution in [3.05, 3.63) is 35.9 Å². The van der Waals surface area contributed by atoms with Gasteiger partial charge in [-0.3, -0.25) is 4.79 Å². The standard InChI is InChI=1S/C12H14N2O3/c15-11(16)6-7-14-8-10(13-12(14)17)9-4-2-1-3-5-9/h1-5,10H,6-8H2,(H,13,17)(H,15,16). The Hall–Kier alpha value is -2.04. The molecular weight excluding hydrogens is 220 g/mol. The Bertz CT molecular complexity index is 419. The molecule has 0 radical (unpaired) electrons. The van der Waals surface area contributed by atoms with Crippen molar-refractivity contribution in [1.82, 2.24) is 10.2 Å². The minimum absolute atomic E-state index is 0.0189. The first-order valence-corrected chi connectivity index (χ1v) is 5.49. The number of nitrogens with zero attached hydrogens (tertiary/aromatic N) is 1. The van der Waals surface area contributed by atoms with Crippen LogP contribution < -0.4 is 5.32 Å². The Labute approximate surface area is 99.0 Å². The van der Waals surface area contributed by atoms with Crippen LogP contribution in [0.15, 0.2) is 30.3 Å². The van der Waals surface area contributed by atoms with Crippen molar-refractivity contribution >= 4 is 12.0 Å². The zero-order valence-corrected chi connectivity index (χ0v) is 9.30. The van der Waals surface area contributed by atoms with Crippen molar-refractivity contribution in [1.29, 1.82) is 0 Å². The van der Waals surface area contributed by atoms with Crippen LogP contribution in [0, 0.1) is 0 Å². The van der Waals surface area contributed by atoms with Crippen LogP contribution in [0.25, 0.3) is 0 Å². The Kier molecular flexibility index (Phi) is 3.27. The van der Waals surface area contributed by atoms with Gasteiger partial charge in [-0.1, -0.05) is 30.3 Å². The van der Waals surface area contributed by atoms with Gasteiger partial charge in [0, 0.05) is 13.1 Å². The van der Waals surface area contributed by atoms with E-state index in [9.17, 15) is 9.59 Å². The minimum atomic E-state index is -0.888. The van der Waals surface area contributed by atoms with Crippen LogP contribution in [0.3, 0.4) is 0 Å². The van der Waals surface area contributed by atoms with Crippen molar-refractivity contribution in [3.63, 3.8) is 0 Å². The summed E-state index contributed by atoms with van der Waals surface area (Å²) in [6.07, 6.45) is -0.0189. The molecule has 5 heteroatoms. The summed E-state index contributed by atoms with van der Waals surface area (Å²) in [6, 6.07) is 9.42.